The Kier molecular flexibility index (Phi) is 3.99. The van der Waals surface area contributed by atoms with Gasteiger partial charge in [0.1, 0.15) is 5.75 Å². The van der Waals surface area contributed by atoms with Crippen molar-refractivity contribution in [3.05, 3.63) is 23.5 Å². The summed E-state index contributed by atoms with van der Waals surface area (Å²) >= 11 is 0. The average Bonchev–Trinajstić information content (AvgIpc) is 2.21. The van der Waals surface area contributed by atoms with Gasteiger partial charge in [0.15, 0.2) is 5.78 Å². The number of Topliss-reactive ketones (excluding diaryl/α,β-unsaturated/α-hetero) is 1. The molecule has 1 aromatic rings. The molecule has 0 radical (unpaired) electrons. The molecular formula is C11H13NO4. The molecule has 0 aliphatic rings. The van der Waals surface area contributed by atoms with Gasteiger partial charge in [0.05, 0.1) is 24.3 Å². The molecule has 1 N–H and O–H groups in total. The van der Waals surface area contributed by atoms with Gasteiger partial charge in [-0.25, -0.2) is 0 Å². The maximum Gasteiger partial charge on any atom is 0.312 e. The van der Waals surface area contributed by atoms with E-state index in [0.717, 1.165) is 0 Å². The second-order valence-electron chi connectivity index (χ2n) is 3.19. The maximum absolute atomic E-state index is 11.2. The number of nitrogens with zero attached hydrogens (tertiary/aromatic N) is 1. The largest absolute Gasteiger partial charge is 0.505 e. The topological polar surface area (TPSA) is 76.5 Å². The molecular weight excluding hydrogens is 210 g/mol. The van der Waals surface area contributed by atoms with Gasteiger partial charge in [-0.15, -0.1) is 0 Å². The molecule has 0 aromatic carbocycles. The van der Waals surface area contributed by atoms with Crippen molar-refractivity contribution in [2.45, 2.75) is 20.3 Å². The zero-order valence-corrected chi connectivity index (χ0v) is 9.19. The van der Waals surface area contributed by atoms with Crippen molar-refractivity contribution in [2.24, 2.45) is 0 Å². The van der Waals surface area contributed by atoms with E-state index in [1.54, 1.807) is 6.92 Å². The first kappa shape index (κ1) is 12.2. The highest BCUT2D eigenvalue weighted by Gasteiger charge is 2.15. The lowest BCUT2D eigenvalue weighted by Gasteiger charge is -2.06. The van der Waals surface area contributed by atoms with E-state index in [-0.39, 0.29) is 35.8 Å². The molecule has 0 bridgehead atoms. The fourth-order valence-electron chi connectivity index (χ4n) is 1.26. The van der Waals surface area contributed by atoms with Gasteiger partial charge in [0, 0.05) is 6.20 Å². The standard InChI is InChI=1S/C11H13NO4/c1-3-16-10(14)6-9-11(15)8(7(2)13)4-5-12-9/h4-5,15H,3,6H2,1-2H3. The molecule has 0 fully saturated rings. The van der Waals surface area contributed by atoms with Crippen LogP contribution in [0.4, 0.5) is 0 Å². The highest BCUT2D eigenvalue weighted by molar-refractivity contribution is 5.97. The fraction of sp³-hybridized carbons (Fsp3) is 0.364. The van der Waals surface area contributed by atoms with Crippen LogP contribution in [-0.4, -0.2) is 28.4 Å². The summed E-state index contributed by atoms with van der Waals surface area (Å²) in [5.74, 6) is -1.00. The van der Waals surface area contributed by atoms with Crippen LogP contribution in [0, 0.1) is 0 Å². The van der Waals surface area contributed by atoms with E-state index in [9.17, 15) is 14.7 Å². The number of carbonyl (C=O) groups is 2. The van der Waals surface area contributed by atoms with Crippen LogP contribution in [0.5, 0.6) is 5.75 Å². The van der Waals surface area contributed by atoms with Crippen LogP contribution in [0.15, 0.2) is 12.3 Å². The number of aromatic nitrogens is 1. The Balaban J connectivity index is 2.93. The molecule has 0 aliphatic carbocycles. The minimum Gasteiger partial charge on any atom is -0.505 e. The molecule has 86 valence electrons. The summed E-state index contributed by atoms with van der Waals surface area (Å²) in [5.41, 5.74) is 0.320. The summed E-state index contributed by atoms with van der Waals surface area (Å²) < 4.78 is 4.73. The molecule has 0 atom stereocenters. The van der Waals surface area contributed by atoms with Crippen LogP contribution in [0.25, 0.3) is 0 Å². The highest BCUT2D eigenvalue weighted by atomic mass is 16.5. The molecule has 1 heterocycles. The second-order valence-corrected chi connectivity index (χ2v) is 3.19. The van der Waals surface area contributed by atoms with Crippen LogP contribution in [0.1, 0.15) is 29.9 Å². The first-order valence-corrected chi connectivity index (χ1v) is 4.89. The van der Waals surface area contributed by atoms with Gasteiger partial charge in [-0.2, -0.15) is 0 Å². The first-order chi connectivity index (χ1) is 7.56. The van der Waals surface area contributed by atoms with Crippen molar-refractivity contribution < 1.29 is 19.4 Å². The molecule has 0 unspecified atom stereocenters. The van der Waals surface area contributed by atoms with Crippen molar-refractivity contribution in [3.8, 4) is 5.75 Å². The number of rotatable bonds is 4. The van der Waals surface area contributed by atoms with Gasteiger partial charge in [-0.3, -0.25) is 14.6 Å². The van der Waals surface area contributed by atoms with Crippen LogP contribution >= 0.6 is 0 Å². The molecule has 0 saturated carbocycles. The second kappa shape index (κ2) is 5.25. The maximum atomic E-state index is 11.2. The molecule has 5 heteroatoms. The van der Waals surface area contributed by atoms with Gasteiger partial charge in [0.25, 0.3) is 0 Å². The van der Waals surface area contributed by atoms with E-state index >= 15 is 0 Å². The third-order valence-electron chi connectivity index (χ3n) is 2.00. The van der Waals surface area contributed by atoms with Gasteiger partial charge in [-0.1, -0.05) is 0 Å². The molecule has 5 nitrogen and oxygen atoms in total. The monoisotopic (exact) mass is 223 g/mol. The average molecular weight is 223 g/mol. The first-order valence-electron chi connectivity index (χ1n) is 4.89. The normalized spacial score (nSPS) is 9.88. The Morgan fingerprint density at radius 3 is 2.75 bits per heavy atom. The summed E-state index contributed by atoms with van der Waals surface area (Å²) in [6.07, 6.45) is 1.24. The Hall–Kier alpha value is -1.91. The van der Waals surface area contributed by atoms with Crippen LogP contribution in [0.2, 0.25) is 0 Å². The predicted octanol–water partition coefficient (Wildman–Crippen LogP) is 1.10. The molecule has 1 rings (SSSR count). The van der Waals surface area contributed by atoms with Gasteiger partial charge in [0.2, 0.25) is 0 Å². The number of carbonyl (C=O) groups excluding carboxylic acids is 2. The third kappa shape index (κ3) is 2.79. The summed E-state index contributed by atoms with van der Waals surface area (Å²) in [4.78, 5) is 26.2. The lowest BCUT2D eigenvalue weighted by molar-refractivity contribution is -0.142. The number of hydrogen-bond acceptors (Lipinski definition) is 5. The van der Waals surface area contributed by atoms with E-state index in [1.165, 1.54) is 19.2 Å². The van der Waals surface area contributed by atoms with E-state index < -0.39 is 5.97 Å². The number of hydrogen-bond donors (Lipinski definition) is 1. The number of ether oxygens (including phenoxy) is 1. The van der Waals surface area contributed by atoms with E-state index in [2.05, 4.69) is 4.98 Å². The van der Waals surface area contributed by atoms with Crippen LogP contribution in [0.3, 0.4) is 0 Å². The molecule has 0 saturated heterocycles. The van der Waals surface area contributed by atoms with Gasteiger partial charge < -0.3 is 9.84 Å². The van der Waals surface area contributed by atoms with E-state index in [1.807, 2.05) is 0 Å². The minimum atomic E-state index is -0.481. The zero-order valence-electron chi connectivity index (χ0n) is 9.19. The van der Waals surface area contributed by atoms with E-state index in [0.29, 0.717) is 0 Å². The lowest BCUT2D eigenvalue weighted by atomic mass is 10.1. The number of esters is 1. The van der Waals surface area contributed by atoms with Crippen molar-refractivity contribution >= 4 is 11.8 Å². The summed E-state index contributed by atoms with van der Waals surface area (Å²) in [7, 11) is 0. The minimum absolute atomic E-state index is 0.138. The van der Waals surface area contributed by atoms with Crippen molar-refractivity contribution in [3.63, 3.8) is 0 Å². The zero-order chi connectivity index (χ0) is 12.1. The van der Waals surface area contributed by atoms with Crippen LogP contribution in [-0.2, 0) is 16.0 Å². The molecule has 0 aliphatic heterocycles. The quantitative estimate of drug-likeness (QED) is 0.610. The van der Waals surface area contributed by atoms with Gasteiger partial charge >= 0.3 is 5.97 Å². The fourth-order valence-corrected chi connectivity index (χ4v) is 1.26. The Morgan fingerprint density at radius 2 is 2.19 bits per heavy atom. The summed E-state index contributed by atoms with van der Waals surface area (Å²) in [5, 5.41) is 9.69. The van der Waals surface area contributed by atoms with Gasteiger partial charge in [-0.05, 0) is 19.9 Å². The lowest BCUT2D eigenvalue weighted by Crippen LogP contribution is -2.10. The molecule has 16 heavy (non-hydrogen) atoms. The van der Waals surface area contributed by atoms with Crippen LogP contribution < -0.4 is 0 Å². The molecule has 0 amide bonds. The Morgan fingerprint density at radius 1 is 1.50 bits per heavy atom. The SMILES string of the molecule is CCOC(=O)Cc1nccc(C(C)=O)c1O. The molecule has 0 spiro atoms. The number of aromatic hydroxyl groups is 1. The van der Waals surface area contributed by atoms with E-state index in [4.69, 9.17) is 4.74 Å². The predicted molar refractivity (Wildman–Crippen MR) is 56.2 cm³/mol. The Bertz CT molecular complexity index is 414. The molecule has 1 aromatic heterocycles. The smallest absolute Gasteiger partial charge is 0.312 e. The van der Waals surface area contributed by atoms with Crippen molar-refractivity contribution in [1.29, 1.82) is 0 Å². The van der Waals surface area contributed by atoms with Crippen molar-refractivity contribution in [2.75, 3.05) is 6.61 Å². The summed E-state index contributed by atoms with van der Waals surface area (Å²) in [6.45, 7) is 3.30. The Labute approximate surface area is 93.1 Å². The summed E-state index contributed by atoms with van der Waals surface area (Å²) in [6, 6.07) is 1.41. The van der Waals surface area contributed by atoms with Crippen molar-refractivity contribution in [1.82, 2.24) is 4.98 Å². The number of ketones is 1. The number of pyridine rings is 1. The third-order valence-corrected chi connectivity index (χ3v) is 2.00. The highest BCUT2D eigenvalue weighted by Crippen LogP contribution is 2.21.